The molecule has 0 aliphatic rings. The highest BCUT2D eigenvalue weighted by Gasteiger charge is 2.21. The second kappa shape index (κ2) is 9.21. The van der Waals surface area contributed by atoms with Crippen LogP contribution in [0.3, 0.4) is 0 Å². The van der Waals surface area contributed by atoms with Gasteiger partial charge in [0.15, 0.2) is 0 Å². The molecule has 9 nitrogen and oxygen atoms in total. The van der Waals surface area contributed by atoms with Crippen LogP contribution >= 0.6 is 22.9 Å². The first-order valence-electron chi connectivity index (χ1n) is 9.15. The maximum Gasteiger partial charge on any atom is 0.307 e. The summed E-state index contributed by atoms with van der Waals surface area (Å²) < 4.78 is 5.36. The first kappa shape index (κ1) is 20.9. The second-order valence-corrected chi connectivity index (χ2v) is 7.68. The SMILES string of the molecule is Cc1cnc(Nc2cscn2)nc1-c1coc(C(=O)N[C@H](CO)c2cccc(Cl)c2)n1. The Morgan fingerprint density at radius 2 is 2.19 bits per heavy atom. The molecule has 158 valence electrons. The van der Waals surface area contributed by atoms with Crippen molar-refractivity contribution in [2.45, 2.75) is 13.0 Å². The summed E-state index contributed by atoms with van der Waals surface area (Å²) in [4.78, 5) is 29.7. The molecule has 3 N–H and O–H groups in total. The van der Waals surface area contributed by atoms with E-state index in [1.807, 2.05) is 12.3 Å². The lowest BCUT2D eigenvalue weighted by Crippen LogP contribution is -2.31. The van der Waals surface area contributed by atoms with Crippen LogP contribution in [-0.4, -0.2) is 37.6 Å². The number of nitrogens with zero attached hydrogens (tertiary/aromatic N) is 4. The summed E-state index contributed by atoms with van der Waals surface area (Å²) in [5.74, 6) is 0.262. The molecule has 0 bridgehead atoms. The van der Waals surface area contributed by atoms with Gasteiger partial charge in [-0.25, -0.2) is 19.9 Å². The molecule has 0 aliphatic carbocycles. The molecular weight excluding hydrogens is 440 g/mol. The number of aromatic nitrogens is 4. The van der Waals surface area contributed by atoms with E-state index in [4.69, 9.17) is 16.0 Å². The van der Waals surface area contributed by atoms with E-state index >= 15 is 0 Å². The monoisotopic (exact) mass is 456 g/mol. The van der Waals surface area contributed by atoms with E-state index in [9.17, 15) is 9.90 Å². The number of thiazole rings is 1. The predicted octanol–water partition coefficient (Wildman–Crippen LogP) is 3.76. The molecule has 0 saturated carbocycles. The van der Waals surface area contributed by atoms with E-state index in [0.717, 1.165) is 5.56 Å². The molecule has 4 rings (SSSR count). The number of oxazole rings is 1. The molecule has 0 unspecified atom stereocenters. The fourth-order valence-electron chi connectivity index (χ4n) is 2.81. The zero-order chi connectivity index (χ0) is 21.8. The maximum atomic E-state index is 12.6. The molecule has 0 spiro atoms. The molecule has 11 heteroatoms. The van der Waals surface area contributed by atoms with Gasteiger partial charge < -0.3 is 20.2 Å². The van der Waals surface area contributed by atoms with Crippen molar-refractivity contribution in [1.29, 1.82) is 0 Å². The van der Waals surface area contributed by atoms with Crippen molar-refractivity contribution in [2.24, 2.45) is 0 Å². The van der Waals surface area contributed by atoms with Gasteiger partial charge in [0.2, 0.25) is 5.95 Å². The standard InChI is InChI=1S/C20H17ClN6O3S/c1-11-6-22-20(26-16-9-31-10-23-16)27-17(11)15-8-30-19(25-15)18(29)24-14(7-28)12-3-2-4-13(21)5-12/h2-6,8-10,14,28H,7H2,1H3,(H,24,29)(H,22,26,27)/t14-/m1/s1. The van der Waals surface area contributed by atoms with Crippen molar-refractivity contribution < 1.29 is 14.3 Å². The number of hydrogen-bond donors (Lipinski definition) is 3. The van der Waals surface area contributed by atoms with Crippen molar-refractivity contribution in [1.82, 2.24) is 25.3 Å². The highest BCUT2D eigenvalue weighted by Crippen LogP contribution is 2.23. The largest absolute Gasteiger partial charge is 0.440 e. The van der Waals surface area contributed by atoms with Crippen LogP contribution in [0.2, 0.25) is 5.02 Å². The minimum atomic E-state index is -0.656. The normalized spacial score (nSPS) is 11.8. The number of rotatable bonds is 7. The zero-order valence-corrected chi connectivity index (χ0v) is 17.8. The lowest BCUT2D eigenvalue weighted by Gasteiger charge is -2.15. The van der Waals surface area contributed by atoms with Gasteiger partial charge in [-0.15, -0.1) is 11.3 Å². The summed E-state index contributed by atoms with van der Waals surface area (Å²) in [7, 11) is 0. The van der Waals surface area contributed by atoms with Gasteiger partial charge in [0, 0.05) is 16.6 Å². The molecule has 0 fully saturated rings. The smallest absolute Gasteiger partial charge is 0.307 e. The third-order valence-corrected chi connectivity index (χ3v) is 5.15. The van der Waals surface area contributed by atoms with Gasteiger partial charge in [0.05, 0.1) is 18.2 Å². The number of nitrogens with one attached hydrogen (secondary N) is 2. The van der Waals surface area contributed by atoms with E-state index in [1.54, 1.807) is 36.0 Å². The fourth-order valence-corrected chi connectivity index (χ4v) is 3.50. The van der Waals surface area contributed by atoms with Crippen LogP contribution in [0.25, 0.3) is 11.4 Å². The van der Waals surface area contributed by atoms with Crippen LogP contribution in [0.15, 0.2) is 52.0 Å². The summed E-state index contributed by atoms with van der Waals surface area (Å²) in [6.45, 7) is 1.52. The van der Waals surface area contributed by atoms with Gasteiger partial charge in [-0.3, -0.25) is 4.79 Å². The molecule has 1 amide bonds. The Balaban J connectivity index is 1.53. The minimum Gasteiger partial charge on any atom is -0.440 e. The summed E-state index contributed by atoms with van der Waals surface area (Å²) >= 11 is 7.45. The number of halogens is 1. The fraction of sp³-hybridized carbons (Fsp3) is 0.150. The Morgan fingerprint density at radius 1 is 1.32 bits per heavy atom. The molecule has 1 atom stereocenters. The van der Waals surface area contributed by atoms with Gasteiger partial charge >= 0.3 is 5.91 Å². The zero-order valence-electron chi connectivity index (χ0n) is 16.2. The first-order chi connectivity index (χ1) is 15.0. The number of carbonyl (C=O) groups excluding carboxylic acids is 1. The van der Waals surface area contributed by atoms with Crippen LogP contribution in [0.1, 0.15) is 27.9 Å². The Hall–Kier alpha value is -3.34. The van der Waals surface area contributed by atoms with Crippen LogP contribution in [0.4, 0.5) is 11.8 Å². The van der Waals surface area contributed by atoms with Gasteiger partial charge in [-0.05, 0) is 30.2 Å². The van der Waals surface area contributed by atoms with Crippen LogP contribution in [0.5, 0.6) is 0 Å². The Morgan fingerprint density at radius 3 is 2.94 bits per heavy atom. The minimum absolute atomic E-state index is 0.150. The van der Waals surface area contributed by atoms with Crippen LogP contribution in [0, 0.1) is 6.92 Å². The number of amides is 1. The van der Waals surface area contributed by atoms with Crippen molar-refractivity contribution in [3.05, 3.63) is 69.7 Å². The van der Waals surface area contributed by atoms with Crippen molar-refractivity contribution in [3.63, 3.8) is 0 Å². The number of carbonyl (C=O) groups is 1. The summed E-state index contributed by atoms with van der Waals surface area (Å²) in [5.41, 5.74) is 4.03. The van der Waals surface area contributed by atoms with E-state index < -0.39 is 11.9 Å². The van der Waals surface area contributed by atoms with Crippen molar-refractivity contribution >= 4 is 40.6 Å². The average molecular weight is 457 g/mol. The van der Waals surface area contributed by atoms with E-state index in [-0.39, 0.29) is 12.5 Å². The third kappa shape index (κ3) is 4.88. The molecule has 0 aliphatic heterocycles. The Kier molecular flexibility index (Phi) is 6.21. The summed E-state index contributed by atoms with van der Waals surface area (Å²) in [6, 6.07) is 6.23. The molecular formula is C20H17ClN6O3S. The Bertz CT molecular complexity index is 1200. The number of aliphatic hydroxyl groups excluding tert-OH is 1. The number of aryl methyl sites for hydroxylation is 1. The lowest BCUT2D eigenvalue weighted by molar-refractivity contribution is 0.0881. The lowest BCUT2D eigenvalue weighted by atomic mass is 10.1. The number of anilines is 2. The number of aliphatic hydroxyl groups is 1. The van der Waals surface area contributed by atoms with Crippen molar-refractivity contribution in [3.8, 4) is 11.4 Å². The highest BCUT2D eigenvalue weighted by molar-refractivity contribution is 7.07. The second-order valence-electron chi connectivity index (χ2n) is 6.53. The quantitative estimate of drug-likeness (QED) is 0.383. The van der Waals surface area contributed by atoms with Gasteiger partial charge in [-0.2, -0.15) is 0 Å². The first-order valence-corrected chi connectivity index (χ1v) is 10.5. The average Bonchev–Trinajstić information content (AvgIpc) is 3.45. The molecule has 0 radical (unpaired) electrons. The molecule has 31 heavy (non-hydrogen) atoms. The summed E-state index contributed by atoms with van der Waals surface area (Å²) in [5, 5.41) is 17.7. The molecule has 3 heterocycles. The van der Waals surface area contributed by atoms with Gasteiger partial charge in [-0.1, -0.05) is 23.7 Å². The predicted molar refractivity (Wildman–Crippen MR) is 116 cm³/mol. The topological polar surface area (TPSA) is 126 Å². The van der Waals surface area contributed by atoms with Crippen LogP contribution in [-0.2, 0) is 0 Å². The molecule has 4 aromatic rings. The van der Waals surface area contributed by atoms with E-state index in [1.165, 1.54) is 17.6 Å². The number of benzene rings is 1. The van der Waals surface area contributed by atoms with Crippen LogP contribution < -0.4 is 10.6 Å². The highest BCUT2D eigenvalue weighted by atomic mass is 35.5. The third-order valence-electron chi connectivity index (χ3n) is 4.32. The molecule has 3 aromatic heterocycles. The molecule has 0 saturated heterocycles. The van der Waals surface area contributed by atoms with Gasteiger partial charge in [0.1, 0.15) is 23.5 Å². The maximum absolute atomic E-state index is 12.6. The van der Waals surface area contributed by atoms with Crippen molar-refractivity contribution in [2.75, 3.05) is 11.9 Å². The van der Waals surface area contributed by atoms with E-state index in [0.29, 0.717) is 33.7 Å². The molecule has 1 aromatic carbocycles. The van der Waals surface area contributed by atoms with E-state index in [2.05, 4.69) is 30.6 Å². The number of hydrogen-bond acceptors (Lipinski definition) is 9. The summed E-state index contributed by atoms with van der Waals surface area (Å²) in [6.07, 6.45) is 3.00. The Labute approximate surface area is 186 Å². The van der Waals surface area contributed by atoms with Gasteiger partial charge in [0.25, 0.3) is 5.89 Å².